The Balaban J connectivity index is 1.20. The molecule has 2 fully saturated rings. The summed E-state index contributed by atoms with van der Waals surface area (Å²) in [6.07, 6.45) is 1.20. The van der Waals surface area contributed by atoms with Gasteiger partial charge in [-0.15, -0.1) is 0 Å². The largest absolute Gasteiger partial charge is 0.338 e. The first-order chi connectivity index (χ1) is 11.7. The van der Waals surface area contributed by atoms with E-state index in [1.807, 2.05) is 4.90 Å². The molecular weight excluding hydrogens is 303 g/mol. The summed E-state index contributed by atoms with van der Waals surface area (Å²) in [5, 5.41) is 3.63. The minimum Gasteiger partial charge on any atom is -0.338 e. The summed E-state index contributed by atoms with van der Waals surface area (Å²) in [5.41, 5.74) is 1.98. The minimum absolute atomic E-state index is 0.000154. The van der Waals surface area contributed by atoms with Crippen LogP contribution in [-0.2, 0) is 0 Å². The van der Waals surface area contributed by atoms with Gasteiger partial charge in [0, 0.05) is 43.1 Å². The van der Waals surface area contributed by atoms with Crippen molar-refractivity contribution in [3.05, 3.63) is 71.5 Å². The van der Waals surface area contributed by atoms with Crippen molar-refractivity contribution in [3.8, 4) is 0 Å². The first-order valence-corrected chi connectivity index (χ1v) is 8.54. The van der Waals surface area contributed by atoms with E-state index in [1.165, 1.54) is 24.1 Å². The molecule has 4 heteroatoms. The molecule has 1 heterocycles. The molecule has 2 atom stereocenters. The van der Waals surface area contributed by atoms with Gasteiger partial charge in [0.25, 0.3) is 5.91 Å². The molecule has 2 aromatic carbocycles. The molecular formula is C20H21FN2O. The quantitative estimate of drug-likeness (QED) is 0.917. The molecule has 124 valence electrons. The summed E-state index contributed by atoms with van der Waals surface area (Å²) in [4.78, 5) is 14.1. The van der Waals surface area contributed by atoms with Gasteiger partial charge in [0.05, 0.1) is 0 Å². The number of carbonyl (C=O) groups is 1. The molecule has 1 saturated carbocycles. The van der Waals surface area contributed by atoms with Gasteiger partial charge in [-0.1, -0.05) is 30.3 Å². The molecule has 1 saturated heterocycles. The van der Waals surface area contributed by atoms with Crippen molar-refractivity contribution < 1.29 is 9.18 Å². The fraction of sp³-hybridized carbons (Fsp3) is 0.350. The van der Waals surface area contributed by atoms with Gasteiger partial charge in [-0.3, -0.25) is 4.79 Å². The van der Waals surface area contributed by atoms with E-state index >= 15 is 0 Å². The van der Waals surface area contributed by atoms with Gasteiger partial charge in [0.2, 0.25) is 0 Å². The summed E-state index contributed by atoms with van der Waals surface area (Å²) in [5.74, 6) is 0.851. The van der Waals surface area contributed by atoms with Gasteiger partial charge >= 0.3 is 0 Å². The number of carbonyl (C=O) groups excluding carboxylic acids is 1. The molecule has 24 heavy (non-hydrogen) atoms. The summed E-state index contributed by atoms with van der Waals surface area (Å²) in [6.45, 7) is 2.53. The third-order valence-corrected chi connectivity index (χ3v) is 5.02. The zero-order valence-corrected chi connectivity index (χ0v) is 13.5. The van der Waals surface area contributed by atoms with Crippen LogP contribution >= 0.6 is 0 Å². The Labute approximate surface area is 141 Å². The van der Waals surface area contributed by atoms with Crippen LogP contribution in [0.25, 0.3) is 0 Å². The number of hydrogen-bond acceptors (Lipinski definition) is 2. The predicted molar refractivity (Wildman–Crippen MR) is 91.4 cm³/mol. The zero-order valence-electron chi connectivity index (χ0n) is 13.5. The average molecular weight is 324 g/mol. The topological polar surface area (TPSA) is 32.3 Å². The van der Waals surface area contributed by atoms with E-state index in [9.17, 15) is 9.18 Å². The molecule has 2 aromatic rings. The second-order valence-electron chi connectivity index (χ2n) is 6.85. The fourth-order valence-electron chi connectivity index (χ4n) is 3.45. The lowest BCUT2D eigenvalue weighted by Crippen LogP contribution is -2.53. The Bertz CT molecular complexity index is 710. The lowest BCUT2D eigenvalue weighted by molar-refractivity contribution is 0.0500. The number of hydrogen-bond donors (Lipinski definition) is 1. The van der Waals surface area contributed by atoms with Gasteiger partial charge in [-0.25, -0.2) is 4.39 Å². The molecule has 3 nitrogen and oxygen atoms in total. The van der Waals surface area contributed by atoms with E-state index < -0.39 is 0 Å². The van der Waals surface area contributed by atoms with Crippen LogP contribution in [0, 0.1) is 11.7 Å². The van der Waals surface area contributed by atoms with E-state index in [0.29, 0.717) is 23.4 Å². The van der Waals surface area contributed by atoms with Crippen molar-refractivity contribution in [2.24, 2.45) is 5.92 Å². The van der Waals surface area contributed by atoms with Crippen LogP contribution in [-0.4, -0.2) is 36.5 Å². The first-order valence-electron chi connectivity index (χ1n) is 8.54. The van der Waals surface area contributed by atoms with E-state index in [4.69, 9.17) is 0 Å². The molecule has 1 aliphatic carbocycles. The summed E-state index contributed by atoms with van der Waals surface area (Å²) < 4.78 is 12.9. The number of nitrogens with one attached hydrogen (secondary N) is 1. The van der Waals surface area contributed by atoms with Crippen molar-refractivity contribution in [1.82, 2.24) is 10.2 Å². The Morgan fingerprint density at radius 3 is 2.50 bits per heavy atom. The molecule has 0 bridgehead atoms. The van der Waals surface area contributed by atoms with E-state index in [2.05, 4.69) is 35.6 Å². The van der Waals surface area contributed by atoms with E-state index in [1.54, 1.807) is 12.1 Å². The maximum atomic E-state index is 12.9. The smallest absolute Gasteiger partial charge is 0.253 e. The molecule has 0 aromatic heterocycles. The van der Waals surface area contributed by atoms with E-state index in [-0.39, 0.29) is 11.7 Å². The molecule has 1 aliphatic heterocycles. The van der Waals surface area contributed by atoms with Crippen LogP contribution in [0.4, 0.5) is 4.39 Å². The molecule has 1 N–H and O–H groups in total. The predicted octanol–water partition coefficient (Wildman–Crippen LogP) is 3.04. The van der Waals surface area contributed by atoms with Crippen LogP contribution in [0.2, 0.25) is 0 Å². The number of rotatable bonds is 5. The van der Waals surface area contributed by atoms with Crippen LogP contribution < -0.4 is 5.32 Å². The highest BCUT2D eigenvalue weighted by Crippen LogP contribution is 2.40. The molecule has 0 unspecified atom stereocenters. The Morgan fingerprint density at radius 2 is 1.79 bits per heavy atom. The van der Waals surface area contributed by atoms with Crippen molar-refractivity contribution in [1.29, 1.82) is 0 Å². The second kappa shape index (κ2) is 6.36. The van der Waals surface area contributed by atoms with E-state index in [0.717, 1.165) is 19.6 Å². The zero-order chi connectivity index (χ0) is 16.5. The average Bonchev–Trinajstić information content (AvgIpc) is 3.34. The number of halogens is 1. The number of likely N-dealkylation sites (tertiary alicyclic amines) is 1. The standard InChI is InChI=1S/C20H21FN2O/c21-17-8-6-16(7-9-17)20(24)23-12-14(13-23)11-22-19-10-18(19)15-4-2-1-3-5-15/h1-9,14,18-19,22H,10-13H2/t18-,19+/m0/s1. The molecule has 1 amide bonds. The lowest BCUT2D eigenvalue weighted by Gasteiger charge is -2.39. The molecule has 2 aliphatic rings. The lowest BCUT2D eigenvalue weighted by atomic mass is 9.98. The van der Waals surface area contributed by atoms with Crippen molar-refractivity contribution in [2.75, 3.05) is 19.6 Å². The summed E-state index contributed by atoms with van der Waals surface area (Å²) in [6, 6.07) is 17.0. The SMILES string of the molecule is O=C(c1ccc(F)cc1)N1CC(CN[C@@H]2C[C@H]2c2ccccc2)C1. The molecule has 0 spiro atoms. The van der Waals surface area contributed by atoms with Crippen LogP contribution in [0.1, 0.15) is 28.3 Å². The van der Waals surface area contributed by atoms with Gasteiger partial charge in [0.15, 0.2) is 0 Å². The normalized spacial score (nSPS) is 23.0. The van der Waals surface area contributed by atoms with Crippen LogP contribution in [0.5, 0.6) is 0 Å². The van der Waals surface area contributed by atoms with Crippen molar-refractivity contribution >= 4 is 5.91 Å². The van der Waals surface area contributed by atoms with Gasteiger partial charge in [0.1, 0.15) is 5.82 Å². The van der Waals surface area contributed by atoms with Crippen molar-refractivity contribution in [2.45, 2.75) is 18.4 Å². The van der Waals surface area contributed by atoms with Gasteiger partial charge in [-0.2, -0.15) is 0 Å². The molecule has 4 rings (SSSR count). The Morgan fingerprint density at radius 1 is 1.08 bits per heavy atom. The van der Waals surface area contributed by atoms with Crippen molar-refractivity contribution in [3.63, 3.8) is 0 Å². The molecule has 0 radical (unpaired) electrons. The highest BCUT2D eigenvalue weighted by molar-refractivity contribution is 5.94. The fourth-order valence-corrected chi connectivity index (χ4v) is 3.45. The second-order valence-corrected chi connectivity index (χ2v) is 6.85. The monoisotopic (exact) mass is 324 g/mol. The summed E-state index contributed by atoms with van der Waals surface area (Å²) >= 11 is 0. The van der Waals surface area contributed by atoms with Crippen LogP contribution in [0.3, 0.4) is 0 Å². The van der Waals surface area contributed by atoms with Crippen LogP contribution in [0.15, 0.2) is 54.6 Å². The minimum atomic E-state index is -0.311. The highest BCUT2D eigenvalue weighted by Gasteiger charge is 2.39. The first kappa shape index (κ1) is 15.3. The maximum absolute atomic E-state index is 12.9. The highest BCUT2D eigenvalue weighted by atomic mass is 19.1. The third-order valence-electron chi connectivity index (χ3n) is 5.02. The third kappa shape index (κ3) is 3.20. The Hall–Kier alpha value is -2.20. The Kier molecular flexibility index (Phi) is 4.07. The maximum Gasteiger partial charge on any atom is 0.253 e. The summed E-state index contributed by atoms with van der Waals surface area (Å²) in [7, 11) is 0. The number of nitrogens with zero attached hydrogens (tertiary/aromatic N) is 1. The van der Waals surface area contributed by atoms with Gasteiger partial charge < -0.3 is 10.2 Å². The number of benzene rings is 2. The van der Waals surface area contributed by atoms with Gasteiger partial charge in [-0.05, 0) is 36.2 Å². The number of amides is 1.